The second kappa shape index (κ2) is 7.00. The van der Waals surface area contributed by atoms with Crippen molar-refractivity contribution in [2.24, 2.45) is 11.7 Å². The summed E-state index contributed by atoms with van der Waals surface area (Å²) in [4.78, 5) is 28.7. The van der Waals surface area contributed by atoms with E-state index in [4.69, 9.17) is 5.73 Å². The van der Waals surface area contributed by atoms with Crippen LogP contribution in [0.15, 0.2) is 24.5 Å². The molecule has 2 rings (SSSR count). The van der Waals surface area contributed by atoms with Crippen LogP contribution in [0.25, 0.3) is 0 Å². The molecular weight excluding hydrogens is 256 g/mol. The zero-order valence-electron chi connectivity index (χ0n) is 11.4. The van der Waals surface area contributed by atoms with Gasteiger partial charge in [-0.05, 0) is 36.6 Å². The molecular formula is C14H20N4O2. The number of nitrogens with one attached hydrogen (secondary N) is 1. The number of primary amides is 1. The lowest BCUT2D eigenvalue weighted by atomic mass is 10.1. The van der Waals surface area contributed by atoms with Gasteiger partial charge < -0.3 is 11.1 Å². The van der Waals surface area contributed by atoms with Gasteiger partial charge in [-0.25, -0.2) is 0 Å². The summed E-state index contributed by atoms with van der Waals surface area (Å²) >= 11 is 0. The zero-order chi connectivity index (χ0) is 14.4. The molecule has 2 heterocycles. The molecule has 0 aromatic carbocycles. The van der Waals surface area contributed by atoms with Crippen LogP contribution in [0.5, 0.6) is 0 Å². The largest absolute Gasteiger partial charge is 0.370 e. The zero-order valence-corrected chi connectivity index (χ0v) is 11.4. The van der Waals surface area contributed by atoms with E-state index in [1.807, 2.05) is 12.1 Å². The van der Waals surface area contributed by atoms with Crippen LogP contribution in [0.3, 0.4) is 0 Å². The number of nitrogens with zero attached hydrogens (tertiary/aromatic N) is 2. The molecule has 6 heteroatoms. The van der Waals surface area contributed by atoms with Crippen LogP contribution in [0.1, 0.15) is 18.4 Å². The number of carbonyl (C=O) groups is 2. The topological polar surface area (TPSA) is 88.3 Å². The van der Waals surface area contributed by atoms with Gasteiger partial charge in [0.2, 0.25) is 11.8 Å². The SMILES string of the molecule is NC(=O)CC1CCN(CC(=O)NCc2ccncc2)C1. The molecule has 0 radical (unpaired) electrons. The van der Waals surface area contributed by atoms with Crippen molar-refractivity contribution in [3.8, 4) is 0 Å². The lowest BCUT2D eigenvalue weighted by Gasteiger charge is -2.15. The number of pyridine rings is 1. The van der Waals surface area contributed by atoms with Crippen molar-refractivity contribution in [3.05, 3.63) is 30.1 Å². The number of rotatable bonds is 6. The Labute approximate surface area is 118 Å². The third-order valence-electron chi connectivity index (χ3n) is 3.47. The minimum atomic E-state index is -0.265. The normalized spacial score (nSPS) is 18.9. The van der Waals surface area contributed by atoms with Gasteiger partial charge in [0.05, 0.1) is 6.54 Å². The average Bonchev–Trinajstić information content (AvgIpc) is 2.84. The molecule has 1 fully saturated rings. The Morgan fingerprint density at radius 2 is 2.15 bits per heavy atom. The average molecular weight is 276 g/mol. The van der Waals surface area contributed by atoms with E-state index in [1.54, 1.807) is 12.4 Å². The molecule has 1 aliphatic heterocycles. The molecule has 1 unspecified atom stereocenters. The molecule has 108 valence electrons. The van der Waals surface area contributed by atoms with Crippen LogP contribution in [-0.2, 0) is 16.1 Å². The van der Waals surface area contributed by atoms with Gasteiger partial charge in [-0.15, -0.1) is 0 Å². The molecule has 0 bridgehead atoms. The van der Waals surface area contributed by atoms with E-state index in [0.717, 1.165) is 25.1 Å². The van der Waals surface area contributed by atoms with E-state index >= 15 is 0 Å². The van der Waals surface area contributed by atoms with Crippen molar-refractivity contribution in [2.75, 3.05) is 19.6 Å². The second-order valence-corrected chi connectivity index (χ2v) is 5.19. The van der Waals surface area contributed by atoms with E-state index < -0.39 is 0 Å². The Balaban J connectivity index is 1.69. The Morgan fingerprint density at radius 1 is 1.40 bits per heavy atom. The highest BCUT2D eigenvalue weighted by Gasteiger charge is 2.24. The van der Waals surface area contributed by atoms with E-state index in [-0.39, 0.29) is 11.8 Å². The summed E-state index contributed by atoms with van der Waals surface area (Å²) in [6.45, 7) is 2.51. The maximum absolute atomic E-state index is 11.8. The summed E-state index contributed by atoms with van der Waals surface area (Å²) < 4.78 is 0. The monoisotopic (exact) mass is 276 g/mol. The Bertz CT molecular complexity index is 464. The van der Waals surface area contributed by atoms with Crippen LogP contribution in [-0.4, -0.2) is 41.3 Å². The Kier molecular flexibility index (Phi) is 5.06. The van der Waals surface area contributed by atoms with Crippen molar-refractivity contribution in [1.29, 1.82) is 0 Å². The van der Waals surface area contributed by atoms with Crippen LogP contribution in [0.4, 0.5) is 0 Å². The highest BCUT2D eigenvalue weighted by molar-refractivity contribution is 5.78. The van der Waals surface area contributed by atoms with E-state index in [9.17, 15) is 9.59 Å². The van der Waals surface area contributed by atoms with Gasteiger partial charge in [0, 0.05) is 31.9 Å². The molecule has 0 spiro atoms. The Hall–Kier alpha value is -1.95. The van der Waals surface area contributed by atoms with Gasteiger partial charge in [0.25, 0.3) is 0 Å². The molecule has 0 saturated carbocycles. The predicted octanol–water partition coefficient (Wildman–Crippen LogP) is -0.105. The van der Waals surface area contributed by atoms with Crippen molar-refractivity contribution in [2.45, 2.75) is 19.4 Å². The van der Waals surface area contributed by atoms with E-state index in [1.165, 1.54) is 0 Å². The van der Waals surface area contributed by atoms with Crippen LogP contribution < -0.4 is 11.1 Å². The number of carbonyl (C=O) groups excluding carboxylic acids is 2. The molecule has 20 heavy (non-hydrogen) atoms. The highest BCUT2D eigenvalue weighted by Crippen LogP contribution is 2.18. The summed E-state index contributed by atoms with van der Waals surface area (Å²) in [5.41, 5.74) is 6.22. The first-order valence-electron chi connectivity index (χ1n) is 6.79. The van der Waals surface area contributed by atoms with Crippen LogP contribution in [0.2, 0.25) is 0 Å². The van der Waals surface area contributed by atoms with Gasteiger partial charge in [0.1, 0.15) is 0 Å². The number of likely N-dealkylation sites (tertiary alicyclic amines) is 1. The molecule has 0 aliphatic carbocycles. The van der Waals surface area contributed by atoms with E-state index in [2.05, 4.69) is 15.2 Å². The fourth-order valence-electron chi connectivity index (χ4n) is 2.47. The summed E-state index contributed by atoms with van der Waals surface area (Å²) in [5.74, 6) is 0.0287. The first kappa shape index (κ1) is 14.5. The number of nitrogens with two attached hydrogens (primary N) is 1. The van der Waals surface area contributed by atoms with Crippen molar-refractivity contribution in [1.82, 2.24) is 15.2 Å². The Morgan fingerprint density at radius 3 is 2.85 bits per heavy atom. The third kappa shape index (κ3) is 4.62. The van der Waals surface area contributed by atoms with Crippen molar-refractivity contribution >= 4 is 11.8 Å². The molecule has 3 N–H and O–H groups in total. The van der Waals surface area contributed by atoms with Crippen molar-refractivity contribution in [3.63, 3.8) is 0 Å². The standard InChI is InChI=1S/C14H20N4O2/c15-13(19)7-12-3-6-18(9-12)10-14(20)17-8-11-1-4-16-5-2-11/h1-2,4-5,12H,3,6-10H2,(H2,15,19)(H,17,20). The van der Waals surface area contributed by atoms with Gasteiger partial charge in [-0.3, -0.25) is 19.5 Å². The summed E-state index contributed by atoms with van der Waals surface area (Å²) in [7, 11) is 0. The fraction of sp³-hybridized carbons (Fsp3) is 0.500. The lowest BCUT2D eigenvalue weighted by Crippen LogP contribution is -2.36. The second-order valence-electron chi connectivity index (χ2n) is 5.19. The lowest BCUT2D eigenvalue weighted by molar-refractivity contribution is -0.122. The smallest absolute Gasteiger partial charge is 0.234 e. The maximum atomic E-state index is 11.8. The number of hydrogen-bond donors (Lipinski definition) is 2. The minimum Gasteiger partial charge on any atom is -0.370 e. The summed E-state index contributed by atoms with van der Waals surface area (Å²) in [6, 6.07) is 3.75. The van der Waals surface area contributed by atoms with Gasteiger partial charge in [0.15, 0.2) is 0 Å². The molecule has 1 aromatic heterocycles. The molecule has 1 aromatic rings. The fourth-order valence-corrected chi connectivity index (χ4v) is 2.47. The molecule has 2 amide bonds. The van der Waals surface area contributed by atoms with Crippen LogP contribution >= 0.6 is 0 Å². The van der Waals surface area contributed by atoms with Crippen molar-refractivity contribution < 1.29 is 9.59 Å². The first-order valence-corrected chi connectivity index (χ1v) is 6.79. The molecule has 1 atom stereocenters. The maximum Gasteiger partial charge on any atom is 0.234 e. The van der Waals surface area contributed by atoms with Gasteiger partial charge in [-0.2, -0.15) is 0 Å². The number of hydrogen-bond acceptors (Lipinski definition) is 4. The summed E-state index contributed by atoms with van der Waals surface area (Å²) in [6.07, 6.45) is 4.75. The minimum absolute atomic E-state index is 0.00142. The quantitative estimate of drug-likeness (QED) is 0.759. The number of aromatic nitrogens is 1. The van der Waals surface area contributed by atoms with E-state index in [0.29, 0.717) is 25.4 Å². The molecule has 1 aliphatic rings. The highest BCUT2D eigenvalue weighted by atomic mass is 16.2. The first-order chi connectivity index (χ1) is 9.63. The van der Waals surface area contributed by atoms with Gasteiger partial charge in [-0.1, -0.05) is 0 Å². The third-order valence-corrected chi connectivity index (χ3v) is 3.47. The summed E-state index contributed by atoms with van der Waals surface area (Å²) in [5, 5.41) is 2.88. The van der Waals surface area contributed by atoms with Crippen LogP contribution in [0, 0.1) is 5.92 Å². The van der Waals surface area contributed by atoms with Gasteiger partial charge >= 0.3 is 0 Å². The molecule has 1 saturated heterocycles. The number of amides is 2. The predicted molar refractivity (Wildman–Crippen MR) is 74.4 cm³/mol. The molecule has 6 nitrogen and oxygen atoms in total.